The number of amides is 1. The summed E-state index contributed by atoms with van der Waals surface area (Å²) >= 11 is 0. The van der Waals surface area contributed by atoms with E-state index in [0.717, 1.165) is 0 Å². The highest BCUT2D eigenvalue weighted by Crippen LogP contribution is 2.20. The highest BCUT2D eigenvalue weighted by molar-refractivity contribution is 5.84. The molecule has 0 saturated carbocycles. The van der Waals surface area contributed by atoms with Crippen molar-refractivity contribution in [3.8, 4) is 0 Å². The van der Waals surface area contributed by atoms with Crippen molar-refractivity contribution in [3.05, 3.63) is 0 Å². The number of nitrogens with zero attached hydrogens (tertiary/aromatic N) is 3. The summed E-state index contributed by atoms with van der Waals surface area (Å²) in [6, 6.07) is -0.400. The third-order valence-corrected chi connectivity index (χ3v) is 2.49. The van der Waals surface area contributed by atoms with E-state index in [0.29, 0.717) is 6.67 Å². The lowest BCUT2D eigenvalue weighted by atomic mass is 10.0. The fraction of sp³-hybridized carbons (Fsp3) is 0.875. The average Bonchev–Trinajstić information content (AvgIpc) is 2.50. The van der Waals surface area contributed by atoms with Gasteiger partial charge in [0.2, 0.25) is 0 Å². The van der Waals surface area contributed by atoms with Crippen LogP contribution in [0.3, 0.4) is 0 Å². The maximum atomic E-state index is 11.9. The minimum absolute atomic E-state index is 0.0370. The van der Waals surface area contributed by atoms with Gasteiger partial charge in [-0.05, 0) is 20.8 Å². The first-order valence-corrected chi connectivity index (χ1v) is 4.70. The van der Waals surface area contributed by atoms with Gasteiger partial charge in [0.1, 0.15) is 6.17 Å². The van der Waals surface area contributed by atoms with Crippen LogP contribution in [0.25, 0.3) is 0 Å². The van der Waals surface area contributed by atoms with Crippen molar-refractivity contribution >= 4 is 5.91 Å². The molecule has 1 saturated heterocycles. The summed E-state index contributed by atoms with van der Waals surface area (Å²) in [5.41, 5.74) is 2.59. The summed E-state index contributed by atoms with van der Waals surface area (Å²) in [6.45, 7) is 6.56. The normalized spacial score (nSPS) is 31.6. The van der Waals surface area contributed by atoms with Crippen molar-refractivity contribution in [2.75, 3.05) is 6.67 Å². The quantitative estimate of drug-likeness (QED) is 0.567. The van der Waals surface area contributed by atoms with Crippen LogP contribution in [0.15, 0.2) is 10.3 Å². The average molecular weight is 197 g/mol. The molecule has 2 aliphatic heterocycles. The van der Waals surface area contributed by atoms with Crippen molar-refractivity contribution in [2.24, 2.45) is 10.3 Å². The van der Waals surface area contributed by atoms with E-state index in [9.17, 15) is 4.79 Å². The van der Waals surface area contributed by atoms with Gasteiger partial charge in [-0.1, -0.05) is 5.22 Å². The second kappa shape index (κ2) is 2.91. The van der Waals surface area contributed by atoms with Crippen molar-refractivity contribution in [1.82, 2.24) is 15.6 Å². The summed E-state index contributed by atoms with van der Waals surface area (Å²) in [5.74, 6) is 0.0370. The molecule has 14 heavy (non-hydrogen) atoms. The Bertz CT molecular complexity index is 282. The Balaban J connectivity index is 2.17. The number of fused-ring (bicyclic) bond motifs is 1. The molecule has 2 rings (SSSR count). The van der Waals surface area contributed by atoms with E-state index >= 15 is 0 Å². The lowest BCUT2D eigenvalue weighted by molar-refractivity contribution is -0.141. The predicted octanol–water partition coefficient (Wildman–Crippen LogP) is -0.161. The van der Waals surface area contributed by atoms with E-state index < -0.39 is 6.04 Å². The van der Waals surface area contributed by atoms with Gasteiger partial charge in [0, 0.05) is 5.54 Å². The summed E-state index contributed by atoms with van der Waals surface area (Å²) in [4.78, 5) is 13.7. The molecular weight excluding hydrogens is 182 g/mol. The lowest BCUT2D eigenvalue weighted by Gasteiger charge is -2.41. The maximum Gasteiger partial charge on any atom is 0.254 e. The Morgan fingerprint density at radius 2 is 2.21 bits per heavy atom. The maximum absolute atomic E-state index is 11.9. The highest BCUT2D eigenvalue weighted by atomic mass is 16.2. The van der Waals surface area contributed by atoms with Crippen molar-refractivity contribution < 1.29 is 4.79 Å². The summed E-state index contributed by atoms with van der Waals surface area (Å²) < 4.78 is 0. The Morgan fingerprint density at radius 1 is 1.50 bits per heavy atom. The Hall–Kier alpha value is -1.17. The summed E-state index contributed by atoms with van der Waals surface area (Å²) in [5, 5.41) is 10.7. The van der Waals surface area contributed by atoms with E-state index in [2.05, 4.69) is 21.1 Å². The number of hydrogen-bond donors (Lipinski definition) is 2. The van der Waals surface area contributed by atoms with E-state index in [-0.39, 0.29) is 17.6 Å². The summed E-state index contributed by atoms with van der Waals surface area (Å²) in [6.07, 6.45) is -0.124. The van der Waals surface area contributed by atoms with Crippen molar-refractivity contribution in [3.63, 3.8) is 0 Å². The minimum Gasteiger partial charge on any atom is -0.323 e. The number of nitrogens with one attached hydrogen (secondary N) is 2. The number of carbonyl (C=O) groups excluding carboxylic acids is 1. The molecule has 0 bridgehead atoms. The topological polar surface area (TPSA) is 69.1 Å². The molecule has 0 aliphatic carbocycles. The Kier molecular flexibility index (Phi) is 1.95. The molecule has 6 heteroatoms. The molecule has 0 spiro atoms. The molecule has 2 heterocycles. The van der Waals surface area contributed by atoms with Gasteiger partial charge in [-0.2, -0.15) is 5.11 Å². The van der Waals surface area contributed by atoms with Crippen molar-refractivity contribution in [1.29, 1.82) is 0 Å². The molecule has 1 amide bonds. The van der Waals surface area contributed by atoms with Gasteiger partial charge in [0.15, 0.2) is 6.04 Å². The molecule has 2 atom stereocenters. The molecule has 78 valence electrons. The third kappa shape index (κ3) is 1.35. The molecule has 6 nitrogen and oxygen atoms in total. The molecule has 0 radical (unpaired) electrons. The fourth-order valence-electron chi connectivity index (χ4n) is 1.64. The highest BCUT2D eigenvalue weighted by Gasteiger charge is 2.42. The van der Waals surface area contributed by atoms with Crippen LogP contribution < -0.4 is 10.7 Å². The largest absolute Gasteiger partial charge is 0.323 e. The SMILES string of the molecule is CC(C)(C)N1CNC2NN=NC2C1=O. The van der Waals surface area contributed by atoms with Gasteiger partial charge in [-0.3, -0.25) is 15.5 Å². The zero-order valence-electron chi connectivity index (χ0n) is 8.61. The van der Waals surface area contributed by atoms with Crippen LogP contribution >= 0.6 is 0 Å². The monoisotopic (exact) mass is 197 g/mol. The second-order valence-corrected chi connectivity index (χ2v) is 4.57. The van der Waals surface area contributed by atoms with Crippen LogP contribution in [-0.2, 0) is 4.79 Å². The second-order valence-electron chi connectivity index (χ2n) is 4.57. The van der Waals surface area contributed by atoms with E-state index in [4.69, 9.17) is 0 Å². The van der Waals surface area contributed by atoms with E-state index in [1.54, 1.807) is 4.90 Å². The number of hydrogen-bond acceptors (Lipinski definition) is 5. The van der Waals surface area contributed by atoms with Gasteiger partial charge in [-0.25, -0.2) is 0 Å². The molecule has 0 aromatic rings. The molecule has 1 fully saturated rings. The Morgan fingerprint density at radius 3 is 2.86 bits per heavy atom. The molecule has 2 N–H and O–H groups in total. The fourth-order valence-corrected chi connectivity index (χ4v) is 1.64. The standard InChI is InChI=1S/C8H15N5O/c1-8(2,3)13-4-9-6-5(7(13)14)10-12-11-6/h5-6,9H,4H2,1-3H3,(H,10,11). The van der Waals surface area contributed by atoms with Gasteiger partial charge in [-0.15, -0.1) is 0 Å². The minimum atomic E-state index is -0.400. The first-order valence-electron chi connectivity index (χ1n) is 4.70. The van der Waals surface area contributed by atoms with Gasteiger partial charge in [0.25, 0.3) is 5.91 Å². The number of carbonyl (C=O) groups is 1. The van der Waals surface area contributed by atoms with Crippen LogP contribution in [0.1, 0.15) is 20.8 Å². The predicted molar refractivity (Wildman–Crippen MR) is 50.2 cm³/mol. The molecular formula is C8H15N5O. The van der Waals surface area contributed by atoms with Gasteiger partial charge in [0.05, 0.1) is 6.67 Å². The Labute approximate surface area is 82.7 Å². The van der Waals surface area contributed by atoms with Crippen molar-refractivity contribution in [2.45, 2.75) is 38.5 Å². The first-order chi connectivity index (χ1) is 6.50. The molecule has 0 aromatic carbocycles. The van der Waals surface area contributed by atoms with Crippen LogP contribution in [0.2, 0.25) is 0 Å². The van der Waals surface area contributed by atoms with Crippen LogP contribution in [0, 0.1) is 0 Å². The zero-order valence-corrected chi connectivity index (χ0v) is 8.61. The lowest BCUT2D eigenvalue weighted by Crippen LogP contribution is -2.65. The van der Waals surface area contributed by atoms with Gasteiger partial charge < -0.3 is 4.90 Å². The zero-order chi connectivity index (χ0) is 10.3. The molecule has 0 aromatic heterocycles. The molecule has 2 unspecified atom stereocenters. The van der Waals surface area contributed by atoms with E-state index in [1.165, 1.54) is 0 Å². The van der Waals surface area contributed by atoms with Crippen LogP contribution in [0.5, 0.6) is 0 Å². The molecule has 2 aliphatic rings. The summed E-state index contributed by atoms with van der Waals surface area (Å²) in [7, 11) is 0. The first kappa shape index (κ1) is 9.39. The smallest absolute Gasteiger partial charge is 0.254 e. The number of rotatable bonds is 0. The van der Waals surface area contributed by atoms with E-state index in [1.807, 2.05) is 20.8 Å². The van der Waals surface area contributed by atoms with Crippen LogP contribution in [-0.4, -0.2) is 35.2 Å². The van der Waals surface area contributed by atoms with Gasteiger partial charge >= 0.3 is 0 Å². The third-order valence-electron chi connectivity index (χ3n) is 2.49. The van der Waals surface area contributed by atoms with Crippen LogP contribution in [0.4, 0.5) is 0 Å².